The second-order valence-electron chi connectivity index (χ2n) is 11.0. The van der Waals surface area contributed by atoms with Gasteiger partial charge in [0.15, 0.2) is 0 Å². The molecule has 206 valence electrons. The molecule has 1 fully saturated rings. The fourth-order valence-corrected chi connectivity index (χ4v) is 5.65. The van der Waals surface area contributed by atoms with Gasteiger partial charge in [-0.15, -0.1) is 0 Å². The van der Waals surface area contributed by atoms with Gasteiger partial charge in [-0.2, -0.15) is 0 Å². The minimum Gasteiger partial charge on any atom is -0.478 e. The maximum Gasteiger partial charge on any atom is 0.335 e. The lowest BCUT2D eigenvalue weighted by molar-refractivity contribution is -0.118. The van der Waals surface area contributed by atoms with E-state index < -0.39 is 47.1 Å². The molecular formula is C29H29Cl2F2N3O3. The molecule has 0 saturated carbocycles. The fourth-order valence-electron chi connectivity index (χ4n) is 5.31. The number of carboxylic acids is 1. The van der Waals surface area contributed by atoms with Crippen LogP contribution in [-0.2, 0) is 10.3 Å². The monoisotopic (exact) mass is 575 g/mol. The van der Waals surface area contributed by atoms with Crippen molar-refractivity contribution in [3.63, 3.8) is 0 Å². The standard InChI is InChI=1S/C29H29Cl2F2N3O3/c1-28(2,3)14-23-29(34,20-10-6-17(31)13-22(20)33)24(19-12-16(30)7-11-21(19)32)25(36-23)26(37)35-18-8-4-15(5-9-18)27(38)39/h4-13,23-25,36H,14,34H2,1-3H3,(H,35,37)(H,38,39)/t23-,24-,25+,29+/m0/s1. The molecule has 4 atom stereocenters. The van der Waals surface area contributed by atoms with Crippen molar-refractivity contribution >= 4 is 40.8 Å². The highest BCUT2D eigenvalue weighted by Gasteiger charge is 2.58. The molecule has 3 aromatic carbocycles. The molecule has 10 heteroatoms. The fraction of sp³-hybridized carbons (Fsp3) is 0.310. The Labute approximate surface area is 235 Å². The van der Waals surface area contributed by atoms with E-state index >= 15 is 8.78 Å². The molecule has 1 amide bonds. The van der Waals surface area contributed by atoms with Crippen molar-refractivity contribution in [3.05, 3.63) is 99.0 Å². The number of benzene rings is 3. The number of carbonyl (C=O) groups is 2. The molecule has 0 aliphatic carbocycles. The van der Waals surface area contributed by atoms with Gasteiger partial charge in [-0.05, 0) is 72.0 Å². The molecule has 39 heavy (non-hydrogen) atoms. The Morgan fingerprint density at radius 3 is 2.21 bits per heavy atom. The molecule has 0 unspecified atom stereocenters. The van der Waals surface area contributed by atoms with Gasteiger partial charge in [0.2, 0.25) is 5.91 Å². The van der Waals surface area contributed by atoms with Crippen LogP contribution in [0, 0.1) is 17.0 Å². The molecule has 1 saturated heterocycles. The summed E-state index contributed by atoms with van der Waals surface area (Å²) in [6.45, 7) is 5.96. The molecular weight excluding hydrogens is 547 g/mol. The first-order chi connectivity index (χ1) is 18.2. The van der Waals surface area contributed by atoms with Crippen LogP contribution in [0.2, 0.25) is 10.0 Å². The lowest BCUT2D eigenvalue weighted by Crippen LogP contribution is -2.52. The molecule has 3 aromatic rings. The van der Waals surface area contributed by atoms with Crippen LogP contribution in [0.1, 0.15) is 54.6 Å². The van der Waals surface area contributed by atoms with Gasteiger partial charge in [-0.25, -0.2) is 13.6 Å². The van der Waals surface area contributed by atoms with E-state index in [0.717, 1.165) is 6.07 Å². The number of nitrogens with one attached hydrogen (secondary N) is 2. The Balaban J connectivity index is 1.87. The first-order valence-corrected chi connectivity index (χ1v) is 13.1. The van der Waals surface area contributed by atoms with Crippen LogP contribution < -0.4 is 16.4 Å². The van der Waals surface area contributed by atoms with E-state index in [0.29, 0.717) is 12.1 Å². The predicted octanol–water partition coefficient (Wildman–Crippen LogP) is 6.32. The van der Waals surface area contributed by atoms with Crippen LogP contribution in [0.15, 0.2) is 60.7 Å². The van der Waals surface area contributed by atoms with E-state index in [1.165, 1.54) is 54.6 Å². The van der Waals surface area contributed by atoms with Gasteiger partial charge in [-0.3, -0.25) is 4.79 Å². The molecule has 0 spiro atoms. The average Bonchev–Trinajstić information content (AvgIpc) is 3.12. The molecule has 1 aliphatic heterocycles. The van der Waals surface area contributed by atoms with Crippen molar-refractivity contribution < 1.29 is 23.5 Å². The Kier molecular flexibility index (Phi) is 8.06. The largest absolute Gasteiger partial charge is 0.478 e. The number of anilines is 1. The third-order valence-corrected chi connectivity index (χ3v) is 7.46. The Morgan fingerprint density at radius 1 is 1.00 bits per heavy atom. The molecule has 0 radical (unpaired) electrons. The third kappa shape index (κ3) is 5.94. The number of rotatable bonds is 6. The number of halogens is 4. The number of aromatic carboxylic acids is 1. The molecule has 6 nitrogen and oxygen atoms in total. The van der Waals surface area contributed by atoms with Crippen molar-refractivity contribution in [3.8, 4) is 0 Å². The molecule has 5 N–H and O–H groups in total. The zero-order chi connectivity index (χ0) is 28.7. The van der Waals surface area contributed by atoms with Gasteiger partial charge in [-0.1, -0.05) is 50.0 Å². The number of carboxylic acid groups (broad SMARTS) is 1. The van der Waals surface area contributed by atoms with E-state index in [2.05, 4.69) is 10.6 Å². The van der Waals surface area contributed by atoms with Gasteiger partial charge in [0.05, 0.1) is 17.1 Å². The van der Waals surface area contributed by atoms with Crippen LogP contribution in [0.4, 0.5) is 14.5 Å². The summed E-state index contributed by atoms with van der Waals surface area (Å²) in [6, 6.07) is 11.9. The van der Waals surface area contributed by atoms with Crippen molar-refractivity contribution in [1.29, 1.82) is 0 Å². The summed E-state index contributed by atoms with van der Waals surface area (Å²) in [5.74, 6) is -4.07. The highest BCUT2D eigenvalue weighted by Crippen LogP contribution is 2.49. The number of carbonyl (C=O) groups excluding carboxylic acids is 1. The summed E-state index contributed by atoms with van der Waals surface area (Å²) in [7, 11) is 0. The van der Waals surface area contributed by atoms with E-state index in [9.17, 15) is 14.7 Å². The maximum atomic E-state index is 15.5. The zero-order valence-electron chi connectivity index (χ0n) is 21.6. The summed E-state index contributed by atoms with van der Waals surface area (Å²) in [4.78, 5) is 25.0. The van der Waals surface area contributed by atoms with E-state index in [4.69, 9.17) is 28.9 Å². The Morgan fingerprint density at radius 2 is 1.62 bits per heavy atom. The van der Waals surface area contributed by atoms with E-state index in [1.807, 2.05) is 20.8 Å². The first-order valence-electron chi connectivity index (χ1n) is 12.3. The van der Waals surface area contributed by atoms with Crippen LogP contribution in [0.3, 0.4) is 0 Å². The van der Waals surface area contributed by atoms with E-state index in [-0.39, 0.29) is 32.2 Å². The van der Waals surface area contributed by atoms with Crippen molar-refractivity contribution in [1.82, 2.24) is 5.32 Å². The second kappa shape index (κ2) is 10.8. The lowest BCUT2D eigenvalue weighted by Gasteiger charge is -2.40. The summed E-state index contributed by atoms with van der Waals surface area (Å²) >= 11 is 12.3. The third-order valence-electron chi connectivity index (χ3n) is 6.99. The predicted molar refractivity (Wildman–Crippen MR) is 148 cm³/mol. The number of nitrogens with two attached hydrogens (primary N) is 1. The highest BCUT2D eigenvalue weighted by atomic mass is 35.5. The van der Waals surface area contributed by atoms with Gasteiger partial charge in [0, 0.05) is 33.3 Å². The zero-order valence-corrected chi connectivity index (χ0v) is 23.1. The molecule has 0 aromatic heterocycles. The second-order valence-corrected chi connectivity index (χ2v) is 11.9. The molecule has 4 rings (SSSR count). The Hall–Kier alpha value is -3.04. The Bertz CT molecular complexity index is 1410. The van der Waals surface area contributed by atoms with E-state index in [1.54, 1.807) is 0 Å². The molecule has 1 aliphatic rings. The van der Waals surface area contributed by atoms with Crippen LogP contribution in [-0.4, -0.2) is 29.1 Å². The summed E-state index contributed by atoms with van der Waals surface area (Å²) in [5, 5.41) is 15.6. The smallest absolute Gasteiger partial charge is 0.335 e. The summed E-state index contributed by atoms with van der Waals surface area (Å²) in [6.07, 6.45) is 0.418. The minimum absolute atomic E-state index is 0.0512. The number of hydrogen-bond donors (Lipinski definition) is 4. The number of hydrogen-bond acceptors (Lipinski definition) is 4. The van der Waals surface area contributed by atoms with Crippen molar-refractivity contribution in [2.75, 3.05) is 5.32 Å². The normalized spacial score (nSPS) is 23.0. The number of amides is 1. The van der Waals surface area contributed by atoms with Crippen LogP contribution in [0.5, 0.6) is 0 Å². The van der Waals surface area contributed by atoms with Crippen molar-refractivity contribution in [2.45, 2.75) is 50.7 Å². The molecule has 0 bridgehead atoms. The lowest BCUT2D eigenvalue weighted by atomic mass is 9.68. The first kappa shape index (κ1) is 29.0. The summed E-state index contributed by atoms with van der Waals surface area (Å²) < 4.78 is 31.0. The van der Waals surface area contributed by atoms with Gasteiger partial charge in [0.25, 0.3) is 0 Å². The van der Waals surface area contributed by atoms with Gasteiger partial charge in [0.1, 0.15) is 11.6 Å². The average molecular weight is 576 g/mol. The van der Waals surface area contributed by atoms with Crippen LogP contribution in [0.25, 0.3) is 0 Å². The van der Waals surface area contributed by atoms with Crippen molar-refractivity contribution in [2.24, 2.45) is 11.1 Å². The highest BCUT2D eigenvalue weighted by molar-refractivity contribution is 6.30. The quantitative estimate of drug-likeness (QED) is 0.275. The topological polar surface area (TPSA) is 104 Å². The van der Waals surface area contributed by atoms with Gasteiger partial charge < -0.3 is 21.5 Å². The summed E-state index contributed by atoms with van der Waals surface area (Å²) in [5.41, 5.74) is 5.78. The maximum absolute atomic E-state index is 15.5. The SMILES string of the molecule is CC(C)(C)C[C@@H]1N[C@@H](C(=O)Nc2ccc(C(=O)O)cc2)[C@H](c2cc(Cl)ccc2F)[C@@]1(N)c1ccc(Cl)cc1F. The van der Waals surface area contributed by atoms with Gasteiger partial charge >= 0.3 is 5.97 Å². The molecule has 1 heterocycles. The van der Waals surface area contributed by atoms with Crippen LogP contribution >= 0.6 is 23.2 Å². The minimum atomic E-state index is -1.59.